The maximum absolute atomic E-state index is 13.0. The van der Waals surface area contributed by atoms with Crippen molar-refractivity contribution in [3.05, 3.63) is 34.9 Å². The van der Waals surface area contributed by atoms with Crippen molar-refractivity contribution in [1.82, 2.24) is 5.43 Å². The monoisotopic (exact) mass is 300 g/mol. The van der Waals surface area contributed by atoms with Crippen LogP contribution < -0.4 is 11.3 Å². The number of alkyl halides is 3. The molecule has 1 aromatic rings. The molecule has 0 aliphatic heterocycles. The second kappa shape index (κ2) is 6.36. The molecule has 5 heteroatoms. The quantitative estimate of drug-likeness (QED) is 0.649. The smallest absolute Gasteiger partial charge is 0.271 e. The maximum Gasteiger partial charge on any atom is 0.391 e. The van der Waals surface area contributed by atoms with Crippen molar-refractivity contribution >= 4 is 0 Å². The van der Waals surface area contributed by atoms with Crippen LogP contribution in [0.1, 0.15) is 48.4 Å². The number of nitrogens with two attached hydrogens (primary N) is 1. The fourth-order valence-corrected chi connectivity index (χ4v) is 3.42. The molecule has 118 valence electrons. The third-order valence-electron chi connectivity index (χ3n) is 4.81. The Hall–Kier alpha value is -1.07. The van der Waals surface area contributed by atoms with Crippen LogP contribution in [0.15, 0.2) is 18.2 Å². The molecule has 1 aromatic carbocycles. The molecule has 0 saturated heterocycles. The highest BCUT2D eigenvalue weighted by Crippen LogP contribution is 2.44. The normalized spacial score (nSPS) is 24.9. The highest BCUT2D eigenvalue weighted by Gasteiger charge is 2.43. The van der Waals surface area contributed by atoms with Gasteiger partial charge in [0.15, 0.2) is 0 Å². The van der Waals surface area contributed by atoms with Crippen molar-refractivity contribution in [1.29, 1.82) is 0 Å². The first-order chi connectivity index (χ1) is 9.84. The van der Waals surface area contributed by atoms with E-state index in [4.69, 9.17) is 5.84 Å². The van der Waals surface area contributed by atoms with Gasteiger partial charge in [-0.1, -0.05) is 24.6 Å². The second-order valence-electron chi connectivity index (χ2n) is 6.10. The van der Waals surface area contributed by atoms with E-state index in [1.54, 1.807) is 0 Å². The van der Waals surface area contributed by atoms with Gasteiger partial charge in [0.05, 0.1) is 5.92 Å². The summed E-state index contributed by atoms with van der Waals surface area (Å²) in [5, 5.41) is 0. The van der Waals surface area contributed by atoms with E-state index in [1.807, 2.05) is 32.0 Å². The Balaban J connectivity index is 2.23. The fraction of sp³-hybridized carbons (Fsp3) is 0.625. The van der Waals surface area contributed by atoms with E-state index in [2.05, 4.69) is 5.43 Å². The predicted molar refractivity (Wildman–Crippen MR) is 77.5 cm³/mol. The SMILES string of the molecule is Cc1cccc(C(NN)C2CCCC(C(F)(F)F)C2)c1C. The molecule has 2 rings (SSSR count). The van der Waals surface area contributed by atoms with Crippen molar-refractivity contribution in [3.8, 4) is 0 Å². The second-order valence-corrected chi connectivity index (χ2v) is 6.10. The molecule has 3 atom stereocenters. The van der Waals surface area contributed by atoms with Gasteiger partial charge in [-0.15, -0.1) is 0 Å². The lowest BCUT2D eigenvalue weighted by molar-refractivity contribution is -0.186. The molecule has 1 saturated carbocycles. The Kier molecular flexibility index (Phi) is 4.94. The van der Waals surface area contributed by atoms with Crippen molar-refractivity contribution in [2.24, 2.45) is 17.7 Å². The molecule has 3 N–H and O–H groups in total. The summed E-state index contributed by atoms with van der Waals surface area (Å²) in [7, 11) is 0. The minimum Gasteiger partial charge on any atom is -0.271 e. The van der Waals surface area contributed by atoms with E-state index in [1.165, 1.54) is 0 Å². The van der Waals surface area contributed by atoms with Crippen molar-refractivity contribution < 1.29 is 13.2 Å². The number of hydrazine groups is 1. The molecule has 3 unspecified atom stereocenters. The average molecular weight is 300 g/mol. The van der Waals surface area contributed by atoms with E-state index in [9.17, 15) is 13.2 Å². The molecule has 1 aliphatic carbocycles. The highest BCUT2D eigenvalue weighted by molar-refractivity contribution is 5.35. The molecule has 0 radical (unpaired) electrons. The number of benzene rings is 1. The van der Waals surface area contributed by atoms with E-state index < -0.39 is 12.1 Å². The van der Waals surface area contributed by atoms with Gasteiger partial charge in [0.1, 0.15) is 0 Å². The van der Waals surface area contributed by atoms with Gasteiger partial charge in [0.25, 0.3) is 0 Å². The lowest BCUT2D eigenvalue weighted by atomic mass is 9.75. The fourth-order valence-electron chi connectivity index (χ4n) is 3.42. The van der Waals surface area contributed by atoms with Crippen molar-refractivity contribution in [2.75, 3.05) is 0 Å². The van der Waals surface area contributed by atoms with E-state index in [0.29, 0.717) is 6.42 Å². The van der Waals surface area contributed by atoms with Gasteiger partial charge in [0.2, 0.25) is 0 Å². The zero-order valence-electron chi connectivity index (χ0n) is 12.5. The first-order valence-electron chi connectivity index (χ1n) is 7.43. The van der Waals surface area contributed by atoms with E-state index in [0.717, 1.165) is 23.1 Å². The minimum atomic E-state index is -4.10. The molecule has 1 fully saturated rings. The summed E-state index contributed by atoms with van der Waals surface area (Å²) >= 11 is 0. The van der Waals surface area contributed by atoms with E-state index in [-0.39, 0.29) is 24.8 Å². The minimum absolute atomic E-state index is 0.0733. The van der Waals surface area contributed by atoms with Gasteiger partial charge >= 0.3 is 6.18 Å². The third-order valence-corrected chi connectivity index (χ3v) is 4.81. The molecule has 0 heterocycles. The molecular weight excluding hydrogens is 277 g/mol. The van der Waals surface area contributed by atoms with Crippen molar-refractivity contribution in [3.63, 3.8) is 0 Å². The average Bonchev–Trinajstić information content (AvgIpc) is 2.44. The summed E-state index contributed by atoms with van der Waals surface area (Å²) in [6, 6.07) is 5.69. The van der Waals surface area contributed by atoms with Crippen LogP contribution in [0.5, 0.6) is 0 Å². The number of hydrogen-bond acceptors (Lipinski definition) is 2. The Morgan fingerprint density at radius 2 is 1.95 bits per heavy atom. The maximum atomic E-state index is 13.0. The van der Waals surface area contributed by atoms with Crippen LogP contribution in [0.2, 0.25) is 0 Å². The zero-order chi connectivity index (χ0) is 15.6. The zero-order valence-corrected chi connectivity index (χ0v) is 12.5. The Bertz CT molecular complexity index is 485. The molecule has 0 spiro atoms. The van der Waals surface area contributed by atoms with Crippen LogP contribution in [-0.4, -0.2) is 6.18 Å². The first-order valence-corrected chi connectivity index (χ1v) is 7.43. The molecular formula is C16H23F3N2. The molecule has 2 nitrogen and oxygen atoms in total. The van der Waals surface area contributed by atoms with Crippen LogP contribution >= 0.6 is 0 Å². The van der Waals surface area contributed by atoms with Crippen LogP contribution in [0.4, 0.5) is 13.2 Å². The van der Waals surface area contributed by atoms with Gasteiger partial charge < -0.3 is 0 Å². The van der Waals surface area contributed by atoms with Crippen LogP contribution in [0.3, 0.4) is 0 Å². The van der Waals surface area contributed by atoms with Gasteiger partial charge in [0, 0.05) is 6.04 Å². The van der Waals surface area contributed by atoms with Crippen LogP contribution in [0.25, 0.3) is 0 Å². The van der Waals surface area contributed by atoms with Gasteiger partial charge in [-0.2, -0.15) is 13.2 Å². The number of aryl methyl sites for hydroxylation is 1. The van der Waals surface area contributed by atoms with Crippen LogP contribution in [-0.2, 0) is 0 Å². The summed E-state index contributed by atoms with van der Waals surface area (Å²) in [5.74, 6) is 4.41. The molecule has 1 aliphatic rings. The summed E-state index contributed by atoms with van der Waals surface area (Å²) in [6.45, 7) is 4.00. The molecule has 0 aromatic heterocycles. The van der Waals surface area contributed by atoms with E-state index >= 15 is 0 Å². The summed E-state index contributed by atoms with van der Waals surface area (Å²) < 4.78 is 38.9. The highest BCUT2D eigenvalue weighted by atomic mass is 19.4. The Morgan fingerprint density at radius 1 is 1.24 bits per heavy atom. The third kappa shape index (κ3) is 3.58. The number of hydrogen-bond donors (Lipinski definition) is 2. The van der Waals surface area contributed by atoms with Gasteiger partial charge in [-0.05, 0) is 55.7 Å². The lowest BCUT2D eigenvalue weighted by Crippen LogP contribution is -2.38. The summed E-state index contributed by atoms with van der Waals surface area (Å²) in [4.78, 5) is 0. The number of halogens is 3. The molecule has 0 amide bonds. The van der Waals surface area contributed by atoms with Crippen molar-refractivity contribution in [2.45, 2.75) is 51.7 Å². The molecule has 21 heavy (non-hydrogen) atoms. The first kappa shape index (κ1) is 16.3. The summed E-state index contributed by atoms with van der Waals surface area (Å²) in [5.41, 5.74) is 6.02. The standard InChI is InChI=1S/C16H23F3N2/c1-10-5-3-8-14(11(10)2)15(21-20)12-6-4-7-13(9-12)16(17,18)19/h3,5,8,12-13,15,21H,4,6-7,9,20H2,1-2H3. The Labute approximate surface area is 123 Å². The van der Waals surface area contributed by atoms with Crippen LogP contribution in [0, 0.1) is 25.7 Å². The topological polar surface area (TPSA) is 38.0 Å². The largest absolute Gasteiger partial charge is 0.391 e. The predicted octanol–water partition coefficient (Wildman–Crippen LogP) is 4.18. The lowest BCUT2D eigenvalue weighted by Gasteiger charge is -2.36. The summed E-state index contributed by atoms with van der Waals surface area (Å²) in [6.07, 6.45) is -2.30. The number of nitrogens with one attached hydrogen (secondary N) is 1. The van der Waals surface area contributed by atoms with Gasteiger partial charge in [-0.3, -0.25) is 11.3 Å². The molecule has 0 bridgehead atoms. The number of rotatable bonds is 3. The Morgan fingerprint density at radius 3 is 2.57 bits per heavy atom. The van der Waals surface area contributed by atoms with Gasteiger partial charge in [-0.25, -0.2) is 0 Å².